The molecule has 4 heterocycles. The van der Waals surface area contributed by atoms with Crippen LogP contribution in [0.4, 0.5) is 13.2 Å². The summed E-state index contributed by atoms with van der Waals surface area (Å²) >= 11 is 0. The number of piperidine rings is 1. The molecule has 32 heavy (non-hydrogen) atoms. The van der Waals surface area contributed by atoms with Crippen LogP contribution in [-0.2, 0) is 6.18 Å². The Kier molecular flexibility index (Phi) is 6.02. The first-order valence-electron chi connectivity index (χ1n) is 10.1. The minimum Gasteiger partial charge on any atom is -0.472 e. The molecular formula is C22H20F3N5O2. The molecule has 10 heteroatoms. The largest absolute Gasteiger partial charge is 0.472 e. The molecule has 7 nitrogen and oxygen atoms in total. The van der Waals surface area contributed by atoms with Crippen LogP contribution in [0.3, 0.4) is 0 Å². The molecule has 3 aromatic rings. The molecule has 0 spiro atoms. The summed E-state index contributed by atoms with van der Waals surface area (Å²) in [5.74, 6) is 0.199. The van der Waals surface area contributed by atoms with Crippen molar-refractivity contribution in [3.05, 3.63) is 66.4 Å². The molecule has 1 aliphatic heterocycles. The molecule has 3 aromatic heterocycles. The molecule has 0 radical (unpaired) electrons. The number of nitrogens with zero attached hydrogens (tertiary/aromatic N) is 5. The average Bonchev–Trinajstić information content (AvgIpc) is 2.80. The second-order valence-electron chi connectivity index (χ2n) is 7.39. The van der Waals surface area contributed by atoms with Crippen LogP contribution in [-0.4, -0.2) is 49.4 Å². The zero-order chi connectivity index (χ0) is 22.7. The van der Waals surface area contributed by atoms with E-state index >= 15 is 0 Å². The molecule has 0 N–H and O–H groups in total. The zero-order valence-corrected chi connectivity index (χ0v) is 17.2. The van der Waals surface area contributed by atoms with Crippen molar-refractivity contribution in [2.24, 2.45) is 0 Å². The summed E-state index contributed by atoms with van der Waals surface area (Å²) in [7, 11) is 0. The number of pyridine rings is 2. The van der Waals surface area contributed by atoms with Crippen molar-refractivity contribution >= 4 is 5.91 Å². The summed E-state index contributed by atoms with van der Waals surface area (Å²) < 4.78 is 44.1. The summed E-state index contributed by atoms with van der Waals surface area (Å²) in [6.45, 7) is 2.35. The fraction of sp³-hybridized carbons (Fsp3) is 0.318. The third-order valence-electron chi connectivity index (χ3n) is 5.33. The van der Waals surface area contributed by atoms with Crippen molar-refractivity contribution < 1.29 is 22.7 Å². The topological polar surface area (TPSA) is 81.1 Å². The van der Waals surface area contributed by atoms with Crippen molar-refractivity contribution in [2.45, 2.75) is 38.1 Å². The van der Waals surface area contributed by atoms with Gasteiger partial charge in [0.05, 0.1) is 17.2 Å². The van der Waals surface area contributed by atoms with Crippen LogP contribution >= 0.6 is 0 Å². The molecule has 1 saturated heterocycles. The Morgan fingerprint density at radius 1 is 1.06 bits per heavy atom. The van der Waals surface area contributed by atoms with Crippen molar-refractivity contribution in [2.75, 3.05) is 6.54 Å². The maximum absolute atomic E-state index is 13.4. The zero-order valence-electron chi connectivity index (χ0n) is 17.2. The van der Waals surface area contributed by atoms with Crippen molar-refractivity contribution in [3.8, 4) is 17.3 Å². The van der Waals surface area contributed by atoms with E-state index in [9.17, 15) is 18.0 Å². The van der Waals surface area contributed by atoms with Crippen molar-refractivity contribution in [1.29, 1.82) is 0 Å². The first-order valence-corrected chi connectivity index (χ1v) is 10.1. The van der Waals surface area contributed by atoms with Gasteiger partial charge in [-0.05, 0) is 44.0 Å². The maximum Gasteiger partial charge on any atom is 0.417 e. The van der Waals surface area contributed by atoms with Gasteiger partial charge in [0, 0.05) is 37.4 Å². The number of hydrogen-bond donors (Lipinski definition) is 0. The van der Waals surface area contributed by atoms with E-state index in [1.807, 2.05) is 6.92 Å². The number of hydrogen-bond acceptors (Lipinski definition) is 6. The second-order valence-corrected chi connectivity index (χ2v) is 7.39. The quantitative estimate of drug-likeness (QED) is 0.606. The van der Waals surface area contributed by atoms with E-state index in [1.165, 1.54) is 12.3 Å². The molecule has 1 amide bonds. The Morgan fingerprint density at radius 3 is 2.50 bits per heavy atom. The van der Waals surface area contributed by atoms with Crippen LogP contribution in [0.25, 0.3) is 11.4 Å². The molecule has 1 fully saturated rings. The van der Waals surface area contributed by atoms with Crippen molar-refractivity contribution in [3.63, 3.8) is 0 Å². The molecule has 166 valence electrons. The van der Waals surface area contributed by atoms with Crippen LogP contribution in [0.1, 0.15) is 35.8 Å². The molecule has 1 aliphatic rings. The predicted molar refractivity (Wildman–Crippen MR) is 109 cm³/mol. The highest BCUT2D eigenvalue weighted by atomic mass is 19.4. The third kappa shape index (κ3) is 4.53. The van der Waals surface area contributed by atoms with Gasteiger partial charge >= 0.3 is 6.18 Å². The minimum atomic E-state index is -4.46. The number of halogens is 3. The molecule has 0 bridgehead atoms. The molecule has 0 saturated carbocycles. The van der Waals surface area contributed by atoms with Gasteiger partial charge < -0.3 is 9.64 Å². The van der Waals surface area contributed by atoms with E-state index in [0.717, 1.165) is 12.3 Å². The van der Waals surface area contributed by atoms with E-state index in [0.29, 0.717) is 30.8 Å². The summed E-state index contributed by atoms with van der Waals surface area (Å²) in [6, 6.07) is 6.92. The number of aromatic nitrogens is 4. The number of carbonyl (C=O) groups excluding carboxylic acids is 1. The second kappa shape index (κ2) is 8.89. The van der Waals surface area contributed by atoms with Gasteiger partial charge in [0.1, 0.15) is 11.8 Å². The van der Waals surface area contributed by atoms with Gasteiger partial charge in [-0.2, -0.15) is 13.2 Å². The third-order valence-corrected chi connectivity index (χ3v) is 5.33. The molecule has 2 atom stereocenters. The molecule has 0 aliphatic carbocycles. The van der Waals surface area contributed by atoms with Gasteiger partial charge in [-0.25, -0.2) is 15.0 Å². The first-order chi connectivity index (χ1) is 15.3. The number of amides is 1. The Balaban J connectivity index is 1.53. The lowest BCUT2D eigenvalue weighted by Crippen LogP contribution is -2.51. The van der Waals surface area contributed by atoms with Gasteiger partial charge in [0.25, 0.3) is 5.91 Å². The average molecular weight is 443 g/mol. The van der Waals surface area contributed by atoms with E-state index in [2.05, 4.69) is 19.9 Å². The number of rotatable bonds is 4. The summed E-state index contributed by atoms with van der Waals surface area (Å²) in [5, 5.41) is 0. The van der Waals surface area contributed by atoms with Gasteiger partial charge in [-0.3, -0.25) is 9.78 Å². The first kappa shape index (κ1) is 21.7. The predicted octanol–water partition coefficient (Wildman–Crippen LogP) is 4.02. The number of carbonyl (C=O) groups is 1. The maximum atomic E-state index is 13.4. The smallest absolute Gasteiger partial charge is 0.417 e. The van der Waals surface area contributed by atoms with Crippen molar-refractivity contribution in [1.82, 2.24) is 24.8 Å². The molecule has 4 rings (SSSR count). The highest BCUT2D eigenvalue weighted by molar-refractivity contribution is 5.98. The van der Waals surface area contributed by atoms with E-state index < -0.39 is 17.8 Å². The number of alkyl halides is 3. The van der Waals surface area contributed by atoms with E-state index in [-0.39, 0.29) is 23.5 Å². The lowest BCUT2D eigenvalue weighted by Gasteiger charge is -2.39. The normalized spacial score (nSPS) is 18.9. The SMILES string of the molecule is CC1C(Oc2ccc(C(F)(F)F)cn2)CCCN1C(=O)c1ncccc1-c1ncccn1. The van der Waals surface area contributed by atoms with Crippen LogP contribution in [0.2, 0.25) is 0 Å². The molecule has 0 aromatic carbocycles. The van der Waals surface area contributed by atoms with Gasteiger partial charge in [-0.15, -0.1) is 0 Å². The Morgan fingerprint density at radius 2 is 1.81 bits per heavy atom. The fourth-order valence-electron chi connectivity index (χ4n) is 3.66. The van der Waals surface area contributed by atoms with E-state index in [1.54, 1.807) is 35.5 Å². The Labute approximate surface area is 182 Å². The lowest BCUT2D eigenvalue weighted by molar-refractivity contribution is -0.137. The van der Waals surface area contributed by atoms with Gasteiger partial charge in [-0.1, -0.05) is 0 Å². The standard InChI is InChI=1S/C22H20F3N5O2/c1-14-17(32-18-8-7-15(13-29-18)22(23,24)25)6-3-12-30(14)21(31)19-16(5-2-9-26-19)20-27-10-4-11-28-20/h2,4-5,7-11,13-14,17H,3,6,12H2,1H3. The van der Waals surface area contributed by atoms with Crippen LogP contribution < -0.4 is 4.74 Å². The summed E-state index contributed by atoms with van der Waals surface area (Å²) in [5.41, 5.74) is -0.0826. The van der Waals surface area contributed by atoms with Gasteiger partial charge in [0.2, 0.25) is 5.88 Å². The van der Waals surface area contributed by atoms with E-state index in [4.69, 9.17) is 4.74 Å². The highest BCUT2D eigenvalue weighted by Gasteiger charge is 2.35. The lowest BCUT2D eigenvalue weighted by atomic mass is 9.99. The molecule has 2 unspecified atom stereocenters. The fourth-order valence-corrected chi connectivity index (χ4v) is 3.66. The van der Waals surface area contributed by atoms with Crippen LogP contribution in [0.15, 0.2) is 55.1 Å². The molecular weight excluding hydrogens is 423 g/mol. The number of ether oxygens (including phenoxy) is 1. The summed E-state index contributed by atoms with van der Waals surface area (Å²) in [4.78, 5) is 31.5. The Hall–Kier alpha value is -3.56. The highest BCUT2D eigenvalue weighted by Crippen LogP contribution is 2.30. The van der Waals surface area contributed by atoms with Crippen LogP contribution in [0, 0.1) is 0 Å². The minimum absolute atomic E-state index is 0.0837. The van der Waals surface area contributed by atoms with Gasteiger partial charge in [0.15, 0.2) is 5.82 Å². The number of likely N-dealkylation sites (tertiary alicyclic amines) is 1. The monoisotopic (exact) mass is 443 g/mol. The Bertz CT molecular complexity index is 1080. The summed E-state index contributed by atoms with van der Waals surface area (Å²) in [6.07, 6.45) is 1.89. The van der Waals surface area contributed by atoms with Crippen LogP contribution in [0.5, 0.6) is 5.88 Å².